The van der Waals surface area contributed by atoms with Gasteiger partial charge in [-0.25, -0.2) is 32.1 Å². The number of fused-ring (bicyclic) bond motifs is 1. The molecule has 4 aromatic rings. The summed E-state index contributed by atoms with van der Waals surface area (Å²) in [6.45, 7) is 1.13. The monoisotopic (exact) mass is 544 g/mol. The number of aromatic nitrogens is 2. The molecule has 0 amide bonds. The van der Waals surface area contributed by atoms with Crippen molar-refractivity contribution in [2.75, 3.05) is 0 Å². The number of aliphatic hydroxyl groups excluding tert-OH is 1. The highest BCUT2D eigenvalue weighted by atomic mass is 19.4. The number of nitrogens with one attached hydrogen (secondary N) is 1. The van der Waals surface area contributed by atoms with Gasteiger partial charge in [0.25, 0.3) is 0 Å². The fraction of sp³-hybridized carbons (Fsp3) is 0.125. The number of aliphatic carboxylic acids is 1. The largest absolute Gasteiger partial charge is 0.490 e. The maximum Gasteiger partial charge on any atom is 0.490 e. The predicted molar refractivity (Wildman–Crippen MR) is 118 cm³/mol. The van der Waals surface area contributed by atoms with Gasteiger partial charge < -0.3 is 20.3 Å². The highest BCUT2D eigenvalue weighted by molar-refractivity contribution is 6.03. The van der Waals surface area contributed by atoms with Gasteiger partial charge in [0.05, 0.1) is 28.8 Å². The van der Waals surface area contributed by atoms with Crippen LogP contribution in [0, 0.1) is 30.2 Å². The first-order valence-corrected chi connectivity index (χ1v) is 10.3. The molecule has 14 heteroatoms. The number of halogens is 7. The average Bonchev–Trinajstić information content (AvgIpc) is 3.22. The minimum absolute atomic E-state index is 0.0490. The number of carboxylic acids is 2. The summed E-state index contributed by atoms with van der Waals surface area (Å²) in [5.74, 6) is -10.4. The van der Waals surface area contributed by atoms with Crippen molar-refractivity contribution in [3.05, 3.63) is 76.6 Å². The Morgan fingerprint density at radius 2 is 1.42 bits per heavy atom. The number of nitrogens with zero attached hydrogens (tertiary/aromatic N) is 1. The lowest BCUT2D eigenvalue weighted by Crippen LogP contribution is -2.21. The highest BCUT2D eigenvalue weighted by Crippen LogP contribution is 2.38. The standard InChI is InChI=1S/C22H14F4N2O3.C2HF3O2/c1-9-27-14-7-12(6-13(22(30)31)21(14)28-9)16-19(25)17(23)15(18(24)20(16)26)11-4-2-3-10(5-11)8-29;3-2(4,5)1(6)7/h2-7,29H,8H2,1H3,(H,27,28)(H,30,31);(H,6,7). The molecule has 7 nitrogen and oxygen atoms in total. The molecule has 4 rings (SSSR count). The molecule has 0 unspecified atom stereocenters. The number of aromatic carboxylic acids is 1. The molecule has 0 aliphatic carbocycles. The van der Waals surface area contributed by atoms with Gasteiger partial charge in [0.2, 0.25) is 0 Å². The van der Waals surface area contributed by atoms with E-state index in [4.69, 9.17) is 9.90 Å². The number of alkyl halides is 3. The van der Waals surface area contributed by atoms with E-state index >= 15 is 0 Å². The lowest BCUT2D eigenvalue weighted by Gasteiger charge is -2.14. The van der Waals surface area contributed by atoms with Crippen LogP contribution in [0.5, 0.6) is 0 Å². The first-order chi connectivity index (χ1) is 17.7. The van der Waals surface area contributed by atoms with Crippen molar-refractivity contribution in [2.24, 2.45) is 0 Å². The zero-order valence-corrected chi connectivity index (χ0v) is 18.9. The SMILES string of the molecule is Cc1nc2c(C(=O)O)cc(-c3c(F)c(F)c(-c4cccc(CO)c4)c(F)c3F)cc2[nH]1.O=C(O)C(F)(F)F. The van der Waals surface area contributed by atoms with Gasteiger partial charge in [0.1, 0.15) is 11.3 Å². The Labute approximate surface area is 207 Å². The second-order valence-electron chi connectivity index (χ2n) is 7.71. The summed E-state index contributed by atoms with van der Waals surface area (Å²) >= 11 is 0. The van der Waals surface area contributed by atoms with Crippen LogP contribution in [-0.4, -0.2) is 43.4 Å². The molecule has 0 aliphatic rings. The average molecular weight is 544 g/mol. The molecule has 0 saturated carbocycles. The van der Waals surface area contributed by atoms with Crippen LogP contribution in [0.2, 0.25) is 0 Å². The van der Waals surface area contributed by atoms with Crippen molar-refractivity contribution < 1.29 is 55.6 Å². The Kier molecular flexibility index (Phi) is 7.76. The van der Waals surface area contributed by atoms with Crippen molar-refractivity contribution in [1.29, 1.82) is 0 Å². The first kappa shape index (κ1) is 28.1. The van der Waals surface area contributed by atoms with Crippen LogP contribution in [0.25, 0.3) is 33.3 Å². The van der Waals surface area contributed by atoms with E-state index in [1.165, 1.54) is 30.3 Å². The number of benzene rings is 3. The molecular formula is C24H15F7N2O5. The zero-order chi connectivity index (χ0) is 28.5. The van der Waals surface area contributed by atoms with E-state index in [2.05, 4.69) is 9.97 Å². The van der Waals surface area contributed by atoms with Crippen LogP contribution in [0.4, 0.5) is 30.7 Å². The molecule has 0 aliphatic heterocycles. The molecular weight excluding hydrogens is 529 g/mol. The van der Waals surface area contributed by atoms with Crippen LogP contribution in [0.3, 0.4) is 0 Å². The Morgan fingerprint density at radius 3 is 1.89 bits per heavy atom. The number of H-pyrrole nitrogens is 1. The van der Waals surface area contributed by atoms with E-state index in [1.54, 1.807) is 6.92 Å². The van der Waals surface area contributed by atoms with Crippen molar-refractivity contribution >= 4 is 23.0 Å². The summed E-state index contributed by atoms with van der Waals surface area (Å²) in [6, 6.07) is 7.42. The Morgan fingerprint density at radius 1 is 0.895 bits per heavy atom. The van der Waals surface area contributed by atoms with Crippen LogP contribution in [-0.2, 0) is 11.4 Å². The zero-order valence-electron chi connectivity index (χ0n) is 18.9. The number of aryl methyl sites for hydroxylation is 1. The van der Waals surface area contributed by atoms with Crippen LogP contribution in [0.15, 0.2) is 36.4 Å². The summed E-state index contributed by atoms with van der Waals surface area (Å²) in [6.07, 6.45) is -5.08. The molecule has 1 heterocycles. The highest BCUT2D eigenvalue weighted by Gasteiger charge is 2.38. The first-order valence-electron chi connectivity index (χ1n) is 10.3. The van der Waals surface area contributed by atoms with Crippen molar-refractivity contribution in [2.45, 2.75) is 19.7 Å². The van der Waals surface area contributed by atoms with E-state index < -0.39 is 59.1 Å². The number of carbonyl (C=O) groups is 2. The lowest BCUT2D eigenvalue weighted by atomic mass is 9.95. The summed E-state index contributed by atoms with van der Waals surface area (Å²) in [5.41, 5.74) is -2.36. The second kappa shape index (κ2) is 10.5. The third-order valence-corrected chi connectivity index (χ3v) is 5.13. The van der Waals surface area contributed by atoms with Gasteiger partial charge in [-0.3, -0.25) is 0 Å². The minimum Gasteiger partial charge on any atom is -0.478 e. The normalized spacial score (nSPS) is 11.3. The van der Waals surface area contributed by atoms with E-state index in [0.29, 0.717) is 11.4 Å². The maximum absolute atomic E-state index is 15.0. The molecule has 0 atom stereocenters. The third kappa shape index (κ3) is 5.44. The molecule has 0 bridgehead atoms. The number of carboxylic acid groups (broad SMARTS) is 2. The number of hydrogen-bond acceptors (Lipinski definition) is 4. The molecule has 0 saturated heterocycles. The summed E-state index contributed by atoms with van der Waals surface area (Å²) in [5, 5.41) is 25.8. The van der Waals surface area contributed by atoms with Crippen LogP contribution in [0.1, 0.15) is 21.7 Å². The van der Waals surface area contributed by atoms with Crippen molar-refractivity contribution in [1.82, 2.24) is 9.97 Å². The summed E-state index contributed by atoms with van der Waals surface area (Å²) in [7, 11) is 0. The number of hydrogen-bond donors (Lipinski definition) is 4. The van der Waals surface area contributed by atoms with Gasteiger partial charge in [-0.1, -0.05) is 18.2 Å². The number of aliphatic hydroxyl groups is 1. The molecule has 0 spiro atoms. The Balaban J connectivity index is 0.000000505. The Bertz CT molecular complexity index is 1540. The van der Waals surface area contributed by atoms with Crippen molar-refractivity contribution in [3.8, 4) is 22.3 Å². The fourth-order valence-electron chi connectivity index (χ4n) is 3.51. The second-order valence-corrected chi connectivity index (χ2v) is 7.71. The maximum atomic E-state index is 15.0. The summed E-state index contributed by atoms with van der Waals surface area (Å²) in [4.78, 5) is 27.3. The minimum atomic E-state index is -5.08. The van der Waals surface area contributed by atoms with Gasteiger partial charge in [-0.05, 0) is 41.8 Å². The number of imidazole rings is 1. The van der Waals surface area contributed by atoms with E-state index in [9.17, 15) is 45.7 Å². The van der Waals surface area contributed by atoms with E-state index in [1.807, 2.05) is 0 Å². The quantitative estimate of drug-likeness (QED) is 0.196. The third-order valence-electron chi connectivity index (χ3n) is 5.13. The van der Waals surface area contributed by atoms with E-state index in [-0.39, 0.29) is 27.7 Å². The van der Waals surface area contributed by atoms with Crippen LogP contribution < -0.4 is 0 Å². The smallest absolute Gasteiger partial charge is 0.478 e. The van der Waals surface area contributed by atoms with Gasteiger partial charge in [-0.2, -0.15) is 13.2 Å². The lowest BCUT2D eigenvalue weighted by molar-refractivity contribution is -0.192. The van der Waals surface area contributed by atoms with Gasteiger partial charge >= 0.3 is 18.1 Å². The molecule has 3 aromatic carbocycles. The van der Waals surface area contributed by atoms with Crippen LogP contribution >= 0.6 is 0 Å². The van der Waals surface area contributed by atoms with Gasteiger partial charge in [0, 0.05) is 0 Å². The molecule has 0 fully saturated rings. The molecule has 38 heavy (non-hydrogen) atoms. The molecule has 0 radical (unpaired) electrons. The fourth-order valence-corrected chi connectivity index (χ4v) is 3.51. The van der Waals surface area contributed by atoms with Gasteiger partial charge in [0.15, 0.2) is 23.3 Å². The topological polar surface area (TPSA) is 124 Å². The predicted octanol–water partition coefficient (Wildman–Crippen LogP) is 5.59. The number of aromatic amines is 1. The summed E-state index contributed by atoms with van der Waals surface area (Å²) < 4.78 is 91.5. The number of rotatable bonds is 4. The van der Waals surface area contributed by atoms with E-state index in [0.717, 1.165) is 6.07 Å². The molecule has 200 valence electrons. The molecule has 4 N–H and O–H groups in total. The Hall–Kier alpha value is -4.46. The van der Waals surface area contributed by atoms with Gasteiger partial charge in [-0.15, -0.1) is 0 Å². The van der Waals surface area contributed by atoms with Crippen molar-refractivity contribution in [3.63, 3.8) is 0 Å². The molecule has 1 aromatic heterocycles.